The predicted molar refractivity (Wildman–Crippen MR) is 77.7 cm³/mol. The van der Waals surface area contributed by atoms with Gasteiger partial charge in [0.15, 0.2) is 0 Å². The fourth-order valence-corrected chi connectivity index (χ4v) is 2.47. The molecular formula is C12H12Cl2N4O3. The van der Waals surface area contributed by atoms with Crippen molar-refractivity contribution in [1.29, 1.82) is 0 Å². The Morgan fingerprint density at radius 3 is 2.86 bits per heavy atom. The van der Waals surface area contributed by atoms with Crippen LogP contribution in [0.15, 0.2) is 23.3 Å². The molecule has 1 N–H and O–H groups in total. The molecule has 0 spiro atoms. The fourth-order valence-electron chi connectivity index (χ4n) is 2.16. The van der Waals surface area contributed by atoms with E-state index >= 15 is 0 Å². The van der Waals surface area contributed by atoms with E-state index in [1.54, 1.807) is 18.2 Å². The molecule has 0 aromatic heterocycles. The van der Waals surface area contributed by atoms with E-state index in [-0.39, 0.29) is 19.7 Å². The van der Waals surface area contributed by atoms with Crippen molar-refractivity contribution in [1.82, 2.24) is 4.90 Å². The highest BCUT2D eigenvalue weighted by molar-refractivity contribution is 6.42. The number of carbonyl (C=O) groups is 1. The van der Waals surface area contributed by atoms with Crippen LogP contribution in [0.5, 0.6) is 0 Å². The maximum Gasteiger partial charge on any atom is 0.407 e. The highest BCUT2D eigenvalue weighted by Crippen LogP contribution is 2.31. The number of rotatable bonds is 2. The predicted octanol–water partition coefficient (Wildman–Crippen LogP) is 3.72. The third-order valence-corrected chi connectivity index (χ3v) is 3.90. The quantitative estimate of drug-likeness (QED) is 0.508. The molecule has 0 radical (unpaired) electrons. The first-order valence-electron chi connectivity index (χ1n) is 6.11. The number of ether oxygens (including phenoxy) is 1. The van der Waals surface area contributed by atoms with Crippen LogP contribution in [0.1, 0.15) is 11.7 Å². The van der Waals surface area contributed by atoms with Crippen LogP contribution in [0.4, 0.5) is 4.79 Å². The van der Waals surface area contributed by atoms with Crippen molar-refractivity contribution in [3.63, 3.8) is 0 Å². The molecule has 1 saturated heterocycles. The van der Waals surface area contributed by atoms with Crippen molar-refractivity contribution in [2.75, 3.05) is 19.7 Å². The third kappa shape index (κ3) is 3.71. The standard InChI is InChI=1S/C12H12Cl2N4O3/c13-8-2-1-7(5-9(8)14)11-10(16-17-15)6-18(12(19)20)3-4-21-11/h1-2,5,10-11H,3-4,6H2,(H,19,20). The van der Waals surface area contributed by atoms with Gasteiger partial charge in [-0.2, -0.15) is 0 Å². The van der Waals surface area contributed by atoms with Crippen molar-refractivity contribution >= 4 is 29.3 Å². The minimum Gasteiger partial charge on any atom is -0.465 e. The van der Waals surface area contributed by atoms with E-state index in [1.165, 1.54) is 0 Å². The number of nitrogens with zero attached hydrogens (tertiary/aromatic N) is 4. The van der Waals surface area contributed by atoms with E-state index in [0.29, 0.717) is 15.6 Å². The average molecular weight is 331 g/mol. The second-order valence-electron chi connectivity index (χ2n) is 4.47. The minimum absolute atomic E-state index is 0.0598. The molecule has 1 aromatic rings. The molecule has 0 aliphatic carbocycles. The summed E-state index contributed by atoms with van der Waals surface area (Å²) >= 11 is 11.9. The van der Waals surface area contributed by atoms with Gasteiger partial charge in [0.25, 0.3) is 0 Å². The Hall–Kier alpha value is -1.66. The highest BCUT2D eigenvalue weighted by Gasteiger charge is 2.30. The normalized spacial score (nSPS) is 22.3. The summed E-state index contributed by atoms with van der Waals surface area (Å²) < 4.78 is 5.66. The summed E-state index contributed by atoms with van der Waals surface area (Å²) in [6.45, 7) is 0.476. The zero-order valence-corrected chi connectivity index (χ0v) is 12.3. The Morgan fingerprint density at radius 2 is 2.24 bits per heavy atom. The van der Waals surface area contributed by atoms with Crippen molar-refractivity contribution in [2.24, 2.45) is 5.11 Å². The van der Waals surface area contributed by atoms with Gasteiger partial charge < -0.3 is 14.7 Å². The lowest BCUT2D eigenvalue weighted by Crippen LogP contribution is -2.36. The Morgan fingerprint density at radius 1 is 1.48 bits per heavy atom. The van der Waals surface area contributed by atoms with Gasteiger partial charge >= 0.3 is 6.09 Å². The Bertz CT molecular complexity index is 592. The van der Waals surface area contributed by atoms with Gasteiger partial charge in [-0.25, -0.2) is 4.79 Å². The summed E-state index contributed by atoms with van der Waals surface area (Å²) in [4.78, 5) is 15.0. The molecule has 1 aliphatic heterocycles. The third-order valence-electron chi connectivity index (χ3n) is 3.16. The first-order valence-corrected chi connectivity index (χ1v) is 6.87. The lowest BCUT2D eigenvalue weighted by atomic mass is 10.0. The van der Waals surface area contributed by atoms with E-state index in [4.69, 9.17) is 38.6 Å². The van der Waals surface area contributed by atoms with Gasteiger partial charge in [-0.3, -0.25) is 0 Å². The van der Waals surface area contributed by atoms with Crippen LogP contribution in [0.25, 0.3) is 10.4 Å². The lowest BCUT2D eigenvalue weighted by molar-refractivity contribution is 0.0518. The molecule has 1 aliphatic rings. The fraction of sp³-hybridized carbons (Fsp3) is 0.417. The summed E-state index contributed by atoms with van der Waals surface area (Å²) in [5, 5.41) is 13.5. The topological polar surface area (TPSA) is 98.5 Å². The number of azide groups is 1. The van der Waals surface area contributed by atoms with Crippen LogP contribution >= 0.6 is 23.2 Å². The summed E-state index contributed by atoms with van der Waals surface area (Å²) in [5.41, 5.74) is 9.38. The smallest absolute Gasteiger partial charge is 0.407 e. The summed E-state index contributed by atoms with van der Waals surface area (Å²) in [6.07, 6.45) is -1.65. The molecule has 1 fully saturated rings. The van der Waals surface area contributed by atoms with Gasteiger partial charge in [0.1, 0.15) is 0 Å². The average Bonchev–Trinajstić information content (AvgIpc) is 2.65. The van der Waals surface area contributed by atoms with Crippen LogP contribution in [-0.4, -0.2) is 41.8 Å². The number of benzene rings is 1. The van der Waals surface area contributed by atoms with E-state index < -0.39 is 18.2 Å². The molecule has 2 rings (SSSR count). The zero-order valence-electron chi connectivity index (χ0n) is 10.8. The SMILES string of the molecule is [N-]=[N+]=NC1CN(C(=O)O)CCOC1c1ccc(Cl)c(Cl)c1. The molecular weight excluding hydrogens is 319 g/mol. The van der Waals surface area contributed by atoms with Gasteiger partial charge in [0.2, 0.25) is 0 Å². The monoisotopic (exact) mass is 330 g/mol. The molecule has 1 amide bonds. The number of halogens is 2. The first kappa shape index (κ1) is 15.7. The van der Waals surface area contributed by atoms with Crippen LogP contribution in [0.3, 0.4) is 0 Å². The largest absolute Gasteiger partial charge is 0.465 e. The zero-order chi connectivity index (χ0) is 15.4. The Kier molecular flexibility index (Phi) is 5.14. The second kappa shape index (κ2) is 6.87. The van der Waals surface area contributed by atoms with Gasteiger partial charge in [-0.05, 0) is 23.2 Å². The van der Waals surface area contributed by atoms with Crippen molar-refractivity contribution in [3.8, 4) is 0 Å². The van der Waals surface area contributed by atoms with Crippen molar-refractivity contribution < 1.29 is 14.6 Å². The first-order chi connectivity index (χ1) is 10.0. The molecule has 21 heavy (non-hydrogen) atoms. The van der Waals surface area contributed by atoms with E-state index in [1.807, 2.05) is 0 Å². The van der Waals surface area contributed by atoms with Gasteiger partial charge in [-0.1, -0.05) is 34.4 Å². The highest BCUT2D eigenvalue weighted by atomic mass is 35.5. The number of amides is 1. The number of hydrogen-bond donors (Lipinski definition) is 1. The van der Waals surface area contributed by atoms with Crippen LogP contribution in [0.2, 0.25) is 10.0 Å². The van der Waals surface area contributed by atoms with E-state index in [9.17, 15) is 4.79 Å². The Labute approximate surface area is 130 Å². The summed E-state index contributed by atoms with van der Waals surface area (Å²) in [5.74, 6) is 0. The molecule has 0 bridgehead atoms. The van der Waals surface area contributed by atoms with Crippen LogP contribution in [0, 0.1) is 0 Å². The number of carboxylic acid groups (broad SMARTS) is 1. The maximum absolute atomic E-state index is 11.1. The van der Waals surface area contributed by atoms with Crippen LogP contribution < -0.4 is 0 Å². The van der Waals surface area contributed by atoms with Gasteiger partial charge in [-0.15, -0.1) is 0 Å². The van der Waals surface area contributed by atoms with Crippen LogP contribution in [-0.2, 0) is 4.74 Å². The molecule has 7 nitrogen and oxygen atoms in total. The minimum atomic E-state index is -1.08. The molecule has 112 valence electrons. The van der Waals surface area contributed by atoms with Gasteiger partial charge in [0, 0.05) is 18.0 Å². The Balaban J connectivity index is 2.32. The summed E-state index contributed by atoms with van der Waals surface area (Å²) in [7, 11) is 0. The molecule has 2 unspecified atom stereocenters. The number of hydrogen-bond acceptors (Lipinski definition) is 3. The summed E-state index contributed by atoms with van der Waals surface area (Å²) in [6, 6.07) is 4.29. The van der Waals surface area contributed by atoms with Crippen molar-refractivity contribution in [2.45, 2.75) is 12.1 Å². The van der Waals surface area contributed by atoms with Gasteiger partial charge in [0.05, 0.1) is 28.8 Å². The maximum atomic E-state index is 11.1. The molecule has 0 saturated carbocycles. The molecule has 2 atom stereocenters. The van der Waals surface area contributed by atoms with E-state index in [2.05, 4.69) is 10.0 Å². The second-order valence-corrected chi connectivity index (χ2v) is 5.28. The molecule has 1 heterocycles. The lowest BCUT2D eigenvalue weighted by Gasteiger charge is -2.23. The molecule has 1 aromatic carbocycles. The van der Waals surface area contributed by atoms with E-state index in [0.717, 1.165) is 4.90 Å². The molecule has 9 heteroatoms. The van der Waals surface area contributed by atoms with Crippen molar-refractivity contribution in [3.05, 3.63) is 44.3 Å².